The molecule has 0 unspecified atom stereocenters. The fraction of sp³-hybridized carbons (Fsp3) is 0.391. The second-order valence-electron chi connectivity index (χ2n) is 7.68. The standard InChI is InChI=1S/C23H28Cl2N2O2/c1-15(2)13-26-23(29)17(4)27(14-19-9-10-20(24)12-21(19)25)22(28)11-18-8-6-5-7-16(18)3/h5-10,12,15,17H,11,13-14H2,1-4H3,(H,26,29)/t17-/m0/s1. The second-order valence-corrected chi connectivity index (χ2v) is 8.52. The van der Waals surface area contributed by atoms with Crippen LogP contribution in [-0.2, 0) is 22.6 Å². The number of rotatable bonds is 8. The van der Waals surface area contributed by atoms with Crippen LogP contribution in [0.1, 0.15) is 37.5 Å². The quantitative estimate of drug-likeness (QED) is 0.632. The molecule has 0 radical (unpaired) electrons. The summed E-state index contributed by atoms with van der Waals surface area (Å²) in [6.45, 7) is 8.57. The van der Waals surface area contributed by atoms with E-state index in [1.54, 1.807) is 30.0 Å². The zero-order chi connectivity index (χ0) is 21.6. The van der Waals surface area contributed by atoms with E-state index in [1.807, 2.05) is 45.0 Å². The number of hydrogen-bond donors (Lipinski definition) is 1. The summed E-state index contributed by atoms with van der Waals surface area (Å²) in [5.74, 6) is 0.0208. The highest BCUT2D eigenvalue weighted by Crippen LogP contribution is 2.24. The molecule has 156 valence electrons. The first-order chi connectivity index (χ1) is 13.7. The lowest BCUT2D eigenvalue weighted by molar-refractivity contribution is -0.140. The monoisotopic (exact) mass is 434 g/mol. The number of carbonyl (C=O) groups excluding carboxylic acids is 2. The van der Waals surface area contributed by atoms with Crippen LogP contribution in [-0.4, -0.2) is 29.3 Å². The van der Waals surface area contributed by atoms with Crippen LogP contribution >= 0.6 is 23.2 Å². The Labute approximate surface area is 183 Å². The van der Waals surface area contributed by atoms with Crippen LogP contribution in [0.2, 0.25) is 10.0 Å². The van der Waals surface area contributed by atoms with Gasteiger partial charge in [-0.3, -0.25) is 9.59 Å². The van der Waals surface area contributed by atoms with Crippen LogP contribution in [0, 0.1) is 12.8 Å². The minimum absolute atomic E-state index is 0.127. The van der Waals surface area contributed by atoms with Crippen molar-refractivity contribution in [2.45, 2.75) is 46.7 Å². The molecule has 0 spiro atoms. The third kappa shape index (κ3) is 6.76. The van der Waals surface area contributed by atoms with E-state index in [-0.39, 0.29) is 24.8 Å². The summed E-state index contributed by atoms with van der Waals surface area (Å²) in [5.41, 5.74) is 2.74. The van der Waals surface area contributed by atoms with Gasteiger partial charge in [0, 0.05) is 23.1 Å². The van der Waals surface area contributed by atoms with E-state index >= 15 is 0 Å². The number of aryl methyl sites for hydroxylation is 1. The van der Waals surface area contributed by atoms with Crippen molar-refractivity contribution >= 4 is 35.0 Å². The molecule has 2 aromatic carbocycles. The van der Waals surface area contributed by atoms with Crippen LogP contribution in [0.15, 0.2) is 42.5 Å². The highest BCUT2D eigenvalue weighted by atomic mass is 35.5. The van der Waals surface area contributed by atoms with E-state index < -0.39 is 6.04 Å². The number of hydrogen-bond acceptors (Lipinski definition) is 2. The third-order valence-electron chi connectivity index (χ3n) is 4.81. The van der Waals surface area contributed by atoms with E-state index in [9.17, 15) is 9.59 Å². The first-order valence-electron chi connectivity index (χ1n) is 9.74. The predicted molar refractivity (Wildman–Crippen MR) is 119 cm³/mol. The van der Waals surface area contributed by atoms with Gasteiger partial charge in [0.25, 0.3) is 0 Å². The molecular formula is C23H28Cl2N2O2. The van der Waals surface area contributed by atoms with Crippen LogP contribution in [0.4, 0.5) is 0 Å². The Morgan fingerprint density at radius 1 is 1.03 bits per heavy atom. The van der Waals surface area contributed by atoms with Crippen LogP contribution < -0.4 is 5.32 Å². The SMILES string of the molecule is Cc1ccccc1CC(=O)N(Cc1ccc(Cl)cc1Cl)[C@@H](C)C(=O)NCC(C)C. The lowest BCUT2D eigenvalue weighted by atomic mass is 10.0. The van der Waals surface area contributed by atoms with Gasteiger partial charge in [0.15, 0.2) is 0 Å². The highest BCUT2D eigenvalue weighted by molar-refractivity contribution is 6.35. The van der Waals surface area contributed by atoms with E-state index in [0.29, 0.717) is 22.5 Å². The molecule has 4 nitrogen and oxygen atoms in total. The van der Waals surface area contributed by atoms with Crippen molar-refractivity contribution in [2.24, 2.45) is 5.92 Å². The van der Waals surface area contributed by atoms with Gasteiger partial charge in [-0.25, -0.2) is 0 Å². The van der Waals surface area contributed by atoms with Gasteiger partial charge in [-0.2, -0.15) is 0 Å². The van der Waals surface area contributed by atoms with Crippen molar-refractivity contribution in [1.29, 1.82) is 0 Å². The number of amides is 2. The normalized spacial score (nSPS) is 12.0. The molecule has 0 heterocycles. The number of carbonyl (C=O) groups is 2. The van der Waals surface area contributed by atoms with Gasteiger partial charge in [0.2, 0.25) is 11.8 Å². The summed E-state index contributed by atoms with van der Waals surface area (Å²) in [4.78, 5) is 27.5. The number of halogens is 2. The molecule has 2 aromatic rings. The second kappa shape index (κ2) is 10.7. The zero-order valence-electron chi connectivity index (χ0n) is 17.3. The molecule has 0 aromatic heterocycles. The largest absolute Gasteiger partial charge is 0.354 e. The Morgan fingerprint density at radius 2 is 1.72 bits per heavy atom. The van der Waals surface area contributed by atoms with Crippen molar-refractivity contribution in [3.63, 3.8) is 0 Å². The van der Waals surface area contributed by atoms with Crippen LogP contribution in [0.5, 0.6) is 0 Å². The number of benzene rings is 2. The Morgan fingerprint density at radius 3 is 2.34 bits per heavy atom. The lowest BCUT2D eigenvalue weighted by Gasteiger charge is -2.29. The molecule has 29 heavy (non-hydrogen) atoms. The van der Waals surface area contributed by atoms with Crippen molar-refractivity contribution in [3.8, 4) is 0 Å². The molecule has 0 aliphatic carbocycles. The summed E-state index contributed by atoms with van der Waals surface area (Å²) in [6, 6.07) is 12.3. The Kier molecular flexibility index (Phi) is 8.54. The van der Waals surface area contributed by atoms with Crippen molar-refractivity contribution < 1.29 is 9.59 Å². The molecule has 0 aliphatic rings. The van der Waals surface area contributed by atoms with E-state index in [0.717, 1.165) is 16.7 Å². The zero-order valence-corrected chi connectivity index (χ0v) is 18.8. The molecular weight excluding hydrogens is 407 g/mol. The molecule has 0 fully saturated rings. The summed E-state index contributed by atoms with van der Waals surface area (Å²) in [5, 5.41) is 3.92. The maximum Gasteiger partial charge on any atom is 0.242 e. The topological polar surface area (TPSA) is 49.4 Å². The van der Waals surface area contributed by atoms with Crippen molar-refractivity contribution in [3.05, 3.63) is 69.2 Å². The fourth-order valence-corrected chi connectivity index (χ4v) is 3.41. The molecule has 0 saturated heterocycles. The molecule has 0 saturated carbocycles. The fourth-order valence-electron chi connectivity index (χ4n) is 2.94. The Hall–Kier alpha value is -2.04. The van der Waals surface area contributed by atoms with Gasteiger partial charge in [0.1, 0.15) is 6.04 Å². The first-order valence-corrected chi connectivity index (χ1v) is 10.5. The van der Waals surface area contributed by atoms with Gasteiger partial charge in [-0.05, 0) is 48.6 Å². The highest BCUT2D eigenvalue weighted by Gasteiger charge is 2.27. The van der Waals surface area contributed by atoms with E-state index in [1.165, 1.54) is 0 Å². The van der Waals surface area contributed by atoms with Gasteiger partial charge < -0.3 is 10.2 Å². The van der Waals surface area contributed by atoms with Gasteiger partial charge in [-0.15, -0.1) is 0 Å². The Bertz CT molecular complexity index is 868. The van der Waals surface area contributed by atoms with Crippen LogP contribution in [0.3, 0.4) is 0 Å². The lowest BCUT2D eigenvalue weighted by Crippen LogP contribution is -2.48. The third-order valence-corrected chi connectivity index (χ3v) is 5.40. The van der Waals surface area contributed by atoms with Crippen molar-refractivity contribution in [1.82, 2.24) is 10.2 Å². The average Bonchev–Trinajstić information content (AvgIpc) is 2.66. The maximum absolute atomic E-state index is 13.2. The molecule has 1 atom stereocenters. The molecule has 1 N–H and O–H groups in total. The molecule has 6 heteroatoms. The summed E-state index contributed by atoms with van der Waals surface area (Å²) < 4.78 is 0. The van der Waals surface area contributed by atoms with Gasteiger partial charge in [0.05, 0.1) is 6.42 Å². The van der Waals surface area contributed by atoms with Gasteiger partial charge >= 0.3 is 0 Å². The molecule has 2 amide bonds. The Balaban J connectivity index is 2.27. The maximum atomic E-state index is 13.2. The summed E-state index contributed by atoms with van der Waals surface area (Å²) >= 11 is 12.3. The number of nitrogens with zero attached hydrogens (tertiary/aromatic N) is 1. The summed E-state index contributed by atoms with van der Waals surface area (Å²) in [7, 11) is 0. The predicted octanol–water partition coefficient (Wildman–Crippen LogP) is 5.03. The van der Waals surface area contributed by atoms with E-state index in [4.69, 9.17) is 23.2 Å². The van der Waals surface area contributed by atoms with Crippen LogP contribution in [0.25, 0.3) is 0 Å². The molecule has 0 aliphatic heterocycles. The average molecular weight is 435 g/mol. The van der Waals surface area contributed by atoms with E-state index in [2.05, 4.69) is 5.32 Å². The summed E-state index contributed by atoms with van der Waals surface area (Å²) in [6.07, 6.45) is 0.222. The minimum atomic E-state index is -0.628. The first kappa shape index (κ1) is 23.2. The van der Waals surface area contributed by atoms with Gasteiger partial charge in [-0.1, -0.05) is 67.4 Å². The van der Waals surface area contributed by atoms with Crippen molar-refractivity contribution in [2.75, 3.05) is 6.54 Å². The number of nitrogens with one attached hydrogen (secondary N) is 1. The minimum Gasteiger partial charge on any atom is -0.354 e. The smallest absolute Gasteiger partial charge is 0.242 e. The molecule has 0 bridgehead atoms. The molecule has 2 rings (SSSR count).